The lowest BCUT2D eigenvalue weighted by molar-refractivity contribution is -0.149. The summed E-state index contributed by atoms with van der Waals surface area (Å²) >= 11 is -2.55. The molecule has 0 radical (unpaired) electrons. The van der Waals surface area contributed by atoms with Crippen LogP contribution in [0.4, 0.5) is 0 Å². The molecule has 1 amide bonds. The van der Waals surface area contributed by atoms with E-state index in [1.807, 2.05) is 30.3 Å². The molecular formula is C30H38N3O7S-. The predicted molar refractivity (Wildman–Crippen MR) is 155 cm³/mol. The number of rotatable bonds is 15. The lowest BCUT2D eigenvalue weighted by Gasteiger charge is -2.28. The zero-order chi connectivity index (χ0) is 29.7. The number of hydrogen-bond donors (Lipinski definition) is 2. The number of aryl methyl sites for hydroxylation is 1. The molecule has 41 heavy (non-hydrogen) atoms. The van der Waals surface area contributed by atoms with Gasteiger partial charge in [-0.15, -0.1) is 0 Å². The maximum absolute atomic E-state index is 13.0. The maximum atomic E-state index is 13.0. The number of furan rings is 1. The molecule has 11 heteroatoms. The molecule has 0 saturated heterocycles. The fourth-order valence-corrected chi connectivity index (χ4v) is 5.59. The van der Waals surface area contributed by atoms with Crippen molar-refractivity contribution in [2.45, 2.75) is 64.8 Å². The van der Waals surface area contributed by atoms with E-state index >= 15 is 0 Å². The first-order valence-corrected chi connectivity index (χ1v) is 15.0. The van der Waals surface area contributed by atoms with Gasteiger partial charge in [0.1, 0.15) is 5.76 Å². The molecule has 1 saturated carbocycles. The van der Waals surface area contributed by atoms with Gasteiger partial charge in [0.15, 0.2) is 0 Å². The molecule has 2 N–H and O–H groups in total. The number of nitrogens with zero attached hydrogens (tertiary/aromatic N) is 2. The zero-order valence-electron chi connectivity index (χ0n) is 24.0. The number of fused-ring (bicyclic) bond motifs is 1. The minimum Gasteiger partial charge on any atom is -0.760 e. The van der Waals surface area contributed by atoms with Crippen LogP contribution in [-0.2, 0) is 33.8 Å². The number of carbonyl (C=O) groups is 2. The van der Waals surface area contributed by atoms with Crippen LogP contribution in [0.15, 0.2) is 34.7 Å². The van der Waals surface area contributed by atoms with E-state index in [1.165, 1.54) is 11.4 Å². The number of aliphatic carboxylic acids is 1. The summed E-state index contributed by atoms with van der Waals surface area (Å²) in [6, 6.07) is 9.76. The average molecular weight is 585 g/mol. The third-order valence-electron chi connectivity index (χ3n) is 7.94. The first-order valence-electron chi connectivity index (χ1n) is 14.0. The molecule has 0 bridgehead atoms. The number of methoxy groups -OCH3 is 1. The molecule has 2 aromatic heterocycles. The van der Waals surface area contributed by atoms with Crippen molar-refractivity contribution in [3.8, 4) is 11.3 Å². The molecule has 0 spiro atoms. The van der Waals surface area contributed by atoms with Gasteiger partial charge >= 0.3 is 5.97 Å². The van der Waals surface area contributed by atoms with Gasteiger partial charge in [-0.1, -0.05) is 31.2 Å². The van der Waals surface area contributed by atoms with E-state index in [-0.39, 0.29) is 30.6 Å². The van der Waals surface area contributed by atoms with E-state index < -0.39 is 22.7 Å². The van der Waals surface area contributed by atoms with Gasteiger partial charge in [-0.2, -0.15) is 0 Å². The van der Waals surface area contributed by atoms with Gasteiger partial charge in [-0.05, 0) is 68.6 Å². The maximum Gasteiger partial charge on any atom is 0.309 e. The second kappa shape index (κ2) is 13.2. The standard InChI is InChI=1S/C30H39N3O7S/c1-5-19-7-9-21(10-8-19)26-25(27(34)31-3)23-17-22(20-11-12-20)24(32-28(23)40-26)18-33(41(37)38)15-6-13-30(2,29(35)36)14-16-39-4/h7-10,17,20H,5-6,11-16,18H2,1-4H3,(H,31,34)(H,35,36)(H,37,38)/p-1. The van der Waals surface area contributed by atoms with Gasteiger partial charge in [0.05, 0.1) is 28.6 Å². The Bertz CT molecular complexity index is 1420. The first kappa shape index (κ1) is 30.8. The molecule has 1 aliphatic rings. The van der Waals surface area contributed by atoms with Gasteiger partial charge in [0, 0.05) is 44.1 Å². The van der Waals surface area contributed by atoms with Crippen molar-refractivity contribution in [1.29, 1.82) is 0 Å². The third kappa shape index (κ3) is 7.03. The van der Waals surface area contributed by atoms with Crippen LogP contribution < -0.4 is 5.32 Å². The lowest BCUT2D eigenvalue weighted by atomic mass is 9.82. The number of hydrogen-bond acceptors (Lipinski definition) is 7. The highest BCUT2D eigenvalue weighted by atomic mass is 32.2. The van der Waals surface area contributed by atoms with E-state index in [0.717, 1.165) is 36.0 Å². The first-order chi connectivity index (χ1) is 19.6. The van der Waals surface area contributed by atoms with Crippen LogP contribution in [0, 0.1) is 5.41 Å². The quantitative estimate of drug-likeness (QED) is 0.242. The van der Waals surface area contributed by atoms with E-state index in [1.54, 1.807) is 14.0 Å². The summed E-state index contributed by atoms with van der Waals surface area (Å²) in [6.45, 7) is 4.20. The Hall–Kier alpha value is -3.12. The van der Waals surface area contributed by atoms with Gasteiger partial charge in [-0.3, -0.25) is 13.8 Å². The molecule has 1 aromatic carbocycles. The van der Waals surface area contributed by atoms with Gasteiger partial charge in [-0.25, -0.2) is 9.29 Å². The van der Waals surface area contributed by atoms with Crippen molar-refractivity contribution in [2.75, 3.05) is 27.3 Å². The highest BCUT2D eigenvalue weighted by molar-refractivity contribution is 7.76. The van der Waals surface area contributed by atoms with E-state index in [9.17, 15) is 23.5 Å². The van der Waals surface area contributed by atoms with Crippen LogP contribution >= 0.6 is 0 Å². The summed E-state index contributed by atoms with van der Waals surface area (Å²) in [4.78, 5) is 29.7. The van der Waals surface area contributed by atoms with Crippen LogP contribution in [0.25, 0.3) is 22.4 Å². The van der Waals surface area contributed by atoms with Crippen molar-refractivity contribution < 1.29 is 32.6 Å². The van der Waals surface area contributed by atoms with Gasteiger partial charge < -0.3 is 24.1 Å². The van der Waals surface area contributed by atoms with Crippen molar-refractivity contribution in [3.05, 3.63) is 52.7 Å². The third-order valence-corrected chi connectivity index (χ3v) is 8.67. The number of aromatic nitrogens is 1. The topological polar surface area (TPSA) is 145 Å². The Kier molecular flexibility index (Phi) is 9.96. The van der Waals surface area contributed by atoms with Crippen LogP contribution in [0.1, 0.15) is 79.0 Å². The molecule has 3 aromatic rings. The summed E-state index contributed by atoms with van der Waals surface area (Å²) in [6.07, 6.45) is 3.79. The Balaban J connectivity index is 1.66. The molecule has 4 rings (SSSR count). The van der Waals surface area contributed by atoms with E-state index in [0.29, 0.717) is 48.3 Å². The largest absolute Gasteiger partial charge is 0.760 e. The van der Waals surface area contributed by atoms with Crippen molar-refractivity contribution in [2.24, 2.45) is 5.41 Å². The molecule has 2 heterocycles. The number of pyridine rings is 1. The second-order valence-electron chi connectivity index (χ2n) is 10.9. The second-order valence-corrected chi connectivity index (χ2v) is 11.8. The number of carboxylic acids is 1. The summed E-state index contributed by atoms with van der Waals surface area (Å²) in [5, 5.41) is 13.0. The van der Waals surface area contributed by atoms with Crippen molar-refractivity contribution >= 4 is 34.2 Å². The minimum atomic E-state index is -2.55. The predicted octanol–water partition coefficient (Wildman–Crippen LogP) is 4.80. The summed E-state index contributed by atoms with van der Waals surface area (Å²) in [7, 11) is 3.09. The molecule has 2 atom stereocenters. The Morgan fingerprint density at radius 3 is 2.54 bits per heavy atom. The van der Waals surface area contributed by atoms with Crippen LogP contribution in [0.3, 0.4) is 0 Å². The monoisotopic (exact) mass is 584 g/mol. The molecule has 1 fully saturated rings. The van der Waals surface area contributed by atoms with E-state index in [4.69, 9.17) is 14.1 Å². The number of amides is 1. The number of carbonyl (C=O) groups excluding carboxylic acids is 1. The summed E-state index contributed by atoms with van der Waals surface area (Å²) in [5.74, 6) is -0.571. The number of carboxylic acid groups (broad SMARTS) is 1. The summed E-state index contributed by atoms with van der Waals surface area (Å²) < 4.78 is 37.0. The van der Waals surface area contributed by atoms with Crippen molar-refractivity contribution in [3.63, 3.8) is 0 Å². The minimum absolute atomic E-state index is 0.0241. The smallest absolute Gasteiger partial charge is 0.309 e. The Labute approximate surface area is 242 Å². The van der Waals surface area contributed by atoms with Crippen LogP contribution in [-0.4, -0.2) is 62.3 Å². The molecule has 0 aliphatic heterocycles. The molecular weight excluding hydrogens is 546 g/mol. The highest BCUT2D eigenvalue weighted by Gasteiger charge is 2.33. The van der Waals surface area contributed by atoms with Crippen LogP contribution in [0.5, 0.6) is 0 Å². The molecule has 222 valence electrons. The summed E-state index contributed by atoms with van der Waals surface area (Å²) in [5.41, 5.74) is 3.06. The highest BCUT2D eigenvalue weighted by Crippen LogP contribution is 2.44. The number of ether oxygens (including phenoxy) is 1. The van der Waals surface area contributed by atoms with Crippen molar-refractivity contribution in [1.82, 2.24) is 14.6 Å². The molecule has 1 aliphatic carbocycles. The molecule has 10 nitrogen and oxygen atoms in total. The fraction of sp³-hybridized carbons (Fsp3) is 0.500. The van der Waals surface area contributed by atoms with Crippen LogP contribution in [0.2, 0.25) is 0 Å². The number of nitrogens with one attached hydrogen (secondary N) is 1. The lowest BCUT2D eigenvalue weighted by Crippen LogP contribution is -2.32. The fourth-order valence-electron chi connectivity index (χ4n) is 5.08. The normalized spacial score (nSPS) is 15.7. The zero-order valence-corrected chi connectivity index (χ0v) is 24.8. The van der Waals surface area contributed by atoms with Gasteiger partial charge in [0.2, 0.25) is 5.71 Å². The van der Waals surface area contributed by atoms with Gasteiger partial charge in [0.25, 0.3) is 5.91 Å². The van der Waals surface area contributed by atoms with E-state index in [2.05, 4.69) is 12.2 Å². The SMILES string of the molecule is CCc1ccc(-c2oc3nc(CN(CCCC(C)(CCOC)C(=O)O)S(=O)[O-])c(C4CC4)cc3c2C(=O)NC)cc1. The Morgan fingerprint density at radius 2 is 1.98 bits per heavy atom. The Morgan fingerprint density at radius 1 is 1.27 bits per heavy atom. The number of benzene rings is 1. The molecule has 2 unspecified atom stereocenters. The average Bonchev–Trinajstić information content (AvgIpc) is 3.74.